The summed E-state index contributed by atoms with van der Waals surface area (Å²) in [5.74, 6) is 0. The fraction of sp³-hybridized carbons (Fsp3) is 0.462. The van der Waals surface area contributed by atoms with Gasteiger partial charge in [-0.2, -0.15) is 0 Å². The minimum Gasteiger partial charge on any atom is -0.465 e. The van der Waals surface area contributed by atoms with Crippen LogP contribution in [0.25, 0.3) is 0 Å². The zero-order chi connectivity index (χ0) is 24.1. The lowest BCUT2D eigenvalue weighted by Crippen LogP contribution is -2.48. The van der Waals surface area contributed by atoms with Crippen molar-refractivity contribution in [1.29, 1.82) is 0 Å². The lowest BCUT2D eigenvalue weighted by Gasteiger charge is -2.33. The quantitative estimate of drug-likeness (QED) is 0.503. The maximum absolute atomic E-state index is 11.2. The Bertz CT molecular complexity index is 838. The number of rotatable bonds is 9. The van der Waals surface area contributed by atoms with Crippen LogP contribution in [0.4, 0.5) is 9.59 Å². The van der Waals surface area contributed by atoms with Crippen LogP contribution in [0.15, 0.2) is 60.7 Å². The third-order valence-corrected chi connectivity index (χ3v) is 5.44. The highest BCUT2D eigenvalue weighted by molar-refractivity contribution is 5.76. The van der Waals surface area contributed by atoms with Gasteiger partial charge in [-0.1, -0.05) is 60.7 Å². The minimum absolute atomic E-state index is 0.0703. The molecule has 3 amide bonds. The summed E-state index contributed by atoms with van der Waals surface area (Å²) in [4.78, 5) is 25.7. The number of carboxylic acid groups (broad SMARTS) is 1. The Labute approximate surface area is 197 Å². The largest absolute Gasteiger partial charge is 0.465 e. The van der Waals surface area contributed by atoms with E-state index in [2.05, 4.69) is 34.9 Å². The predicted octanol–water partition coefficient (Wildman–Crippen LogP) is 3.85. The topological polar surface area (TPSA) is 84.9 Å². The molecule has 0 aromatic heterocycles. The summed E-state index contributed by atoms with van der Waals surface area (Å²) in [5.41, 5.74) is 2.22. The van der Waals surface area contributed by atoms with Crippen molar-refractivity contribution in [3.63, 3.8) is 0 Å². The zero-order valence-corrected chi connectivity index (χ0v) is 20.1. The van der Waals surface area contributed by atoms with Crippen molar-refractivity contribution in [3.8, 4) is 0 Å². The Morgan fingerprint density at radius 2 is 1.58 bits per heavy atom. The molecule has 180 valence electrons. The average Bonchev–Trinajstić information content (AvgIpc) is 3.20. The second-order valence-corrected chi connectivity index (χ2v) is 9.05. The average molecular weight is 455 g/mol. The van der Waals surface area contributed by atoms with Crippen molar-refractivity contribution in [3.05, 3.63) is 71.8 Å². The van der Waals surface area contributed by atoms with Crippen molar-refractivity contribution in [1.82, 2.24) is 20.4 Å². The highest BCUT2D eigenvalue weighted by Crippen LogP contribution is 2.12. The molecule has 2 aromatic carbocycles. The van der Waals surface area contributed by atoms with Crippen molar-refractivity contribution in [2.75, 3.05) is 39.3 Å². The van der Waals surface area contributed by atoms with Gasteiger partial charge in [0.05, 0.1) is 0 Å². The number of benzene rings is 2. The Morgan fingerprint density at radius 1 is 1.00 bits per heavy atom. The van der Waals surface area contributed by atoms with Crippen LogP contribution in [0, 0.1) is 0 Å². The predicted molar refractivity (Wildman–Crippen MR) is 133 cm³/mol. The summed E-state index contributed by atoms with van der Waals surface area (Å²) in [6.45, 7) is 10.2. The molecule has 0 aliphatic carbocycles. The highest BCUT2D eigenvalue weighted by Gasteiger charge is 2.25. The van der Waals surface area contributed by atoms with E-state index in [1.54, 1.807) is 0 Å². The summed E-state index contributed by atoms with van der Waals surface area (Å²) >= 11 is 0. The molecule has 3 rings (SSSR count). The Balaban J connectivity index is 0.000000243. The molecule has 1 aliphatic rings. The fourth-order valence-electron chi connectivity index (χ4n) is 3.54. The zero-order valence-electron chi connectivity index (χ0n) is 20.1. The molecule has 1 saturated heterocycles. The van der Waals surface area contributed by atoms with E-state index in [1.165, 1.54) is 16.0 Å². The van der Waals surface area contributed by atoms with Gasteiger partial charge in [0.1, 0.15) is 0 Å². The first-order valence-electron chi connectivity index (χ1n) is 11.6. The molecule has 1 aliphatic heterocycles. The maximum Gasteiger partial charge on any atom is 0.407 e. The third kappa shape index (κ3) is 9.95. The van der Waals surface area contributed by atoms with Crippen LogP contribution in [0.2, 0.25) is 0 Å². The number of urea groups is 1. The van der Waals surface area contributed by atoms with Crippen LogP contribution in [-0.4, -0.2) is 71.8 Å². The Morgan fingerprint density at radius 3 is 2.06 bits per heavy atom. The van der Waals surface area contributed by atoms with Gasteiger partial charge >= 0.3 is 12.1 Å². The molecule has 1 fully saturated rings. The van der Waals surface area contributed by atoms with Crippen LogP contribution in [-0.2, 0) is 12.8 Å². The van der Waals surface area contributed by atoms with Gasteiger partial charge in [0, 0.05) is 38.3 Å². The van der Waals surface area contributed by atoms with Gasteiger partial charge in [-0.05, 0) is 51.3 Å². The first-order valence-corrected chi connectivity index (χ1v) is 11.6. The molecule has 33 heavy (non-hydrogen) atoms. The number of nitrogens with one attached hydrogen (secondary N) is 2. The summed E-state index contributed by atoms with van der Waals surface area (Å²) in [7, 11) is 0. The second-order valence-electron chi connectivity index (χ2n) is 9.05. The first-order chi connectivity index (χ1) is 15.8. The molecule has 3 N–H and O–H groups in total. The molecule has 0 unspecified atom stereocenters. The standard InChI is InChI=1S/C15H24N2O2.C11H14N2O/c1-15(2,3)17(14(18)19)12-11-16-10-9-13-7-5-4-6-8-13;14-11-12-7-9-13(11)8-6-10-4-2-1-3-5-10/h4-8,16H,9-12H2,1-3H3,(H,18,19);1-5H,6-9H2,(H,12,14). The van der Waals surface area contributed by atoms with E-state index >= 15 is 0 Å². The second kappa shape index (κ2) is 13.5. The first kappa shape index (κ1) is 26.2. The van der Waals surface area contributed by atoms with E-state index in [1.807, 2.05) is 62.1 Å². The maximum atomic E-state index is 11.2. The summed E-state index contributed by atoms with van der Waals surface area (Å²) in [6, 6.07) is 20.6. The van der Waals surface area contributed by atoms with Crippen LogP contribution in [0.5, 0.6) is 0 Å². The molecule has 2 aromatic rings. The molecule has 0 radical (unpaired) electrons. The smallest absolute Gasteiger partial charge is 0.407 e. The number of nitrogens with zero attached hydrogens (tertiary/aromatic N) is 2. The number of carbonyl (C=O) groups is 2. The Hall–Kier alpha value is -3.06. The lowest BCUT2D eigenvalue weighted by molar-refractivity contribution is 0.101. The van der Waals surface area contributed by atoms with Crippen LogP contribution in [0.3, 0.4) is 0 Å². The summed E-state index contributed by atoms with van der Waals surface area (Å²) in [6.07, 6.45) is 1.04. The number of carbonyl (C=O) groups excluding carboxylic acids is 1. The van der Waals surface area contributed by atoms with Gasteiger partial charge < -0.3 is 25.5 Å². The van der Waals surface area contributed by atoms with Crippen molar-refractivity contribution < 1.29 is 14.7 Å². The van der Waals surface area contributed by atoms with Gasteiger partial charge in [0.25, 0.3) is 0 Å². The molecule has 7 heteroatoms. The van der Waals surface area contributed by atoms with E-state index in [-0.39, 0.29) is 11.6 Å². The van der Waals surface area contributed by atoms with E-state index in [0.717, 1.165) is 39.0 Å². The molecular formula is C26H38N4O3. The number of hydrogen-bond acceptors (Lipinski definition) is 3. The van der Waals surface area contributed by atoms with Crippen molar-refractivity contribution >= 4 is 12.1 Å². The molecule has 1 heterocycles. The monoisotopic (exact) mass is 454 g/mol. The molecule has 0 spiro atoms. The highest BCUT2D eigenvalue weighted by atomic mass is 16.4. The van der Waals surface area contributed by atoms with E-state index in [9.17, 15) is 9.59 Å². The van der Waals surface area contributed by atoms with E-state index in [0.29, 0.717) is 13.1 Å². The van der Waals surface area contributed by atoms with Gasteiger partial charge in [0.15, 0.2) is 0 Å². The van der Waals surface area contributed by atoms with Gasteiger partial charge in [-0.3, -0.25) is 0 Å². The molecule has 0 bridgehead atoms. The summed E-state index contributed by atoms with van der Waals surface area (Å²) in [5, 5.41) is 15.2. The molecule has 0 atom stereocenters. The third-order valence-electron chi connectivity index (χ3n) is 5.44. The molecule has 7 nitrogen and oxygen atoms in total. The summed E-state index contributed by atoms with van der Waals surface area (Å²) < 4.78 is 0. The molecule has 0 saturated carbocycles. The number of hydrogen-bond donors (Lipinski definition) is 3. The van der Waals surface area contributed by atoms with Gasteiger partial charge in [-0.25, -0.2) is 9.59 Å². The fourth-order valence-corrected chi connectivity index (χ4v) is 3.54. The van der Waals surface area contributed by atoms with Gasteiger partial charge in [-0.15, -0.1) is 0 Å². The molecular weight excluding hydrogens is 416 g/mol. The van der Waals surface area contributed by atoms with E-state index < -0.39 is 6.09 Å². The van der Waals surface area contributed by atoms with Crippen LogP contribution < -0.4 is 10.6 Å². The van der Waals surface area contributed by atoms with Crippen LogP contribution >= 0.6 is 0 Å². The normalized spacial score (nSPS) is 13.2. The van der Waals surface area contributed by atoms with Crippen molar-refractivity contribution in [2.45, 2.75) is 39.2 Å². The van der Waals surface area contributed by atoms with Crippen molar-refractivity contribution in [2.24, 2.45) is 0 Å². The Kier molecular flexibility index (Phi) is 10.7. The number of amides is 3. The van der Waals surface area contributed by atoms with Crippen LogP contribution in [0.1, 0.15) is 31.9 Å². The van der Waals surface area contributed by atoms with Gasteiger partial charge in [0.2, 0.25) is 0 Å². The lowest BCUT2D eigenvalue weighted by atomic mass is 10.1. The minimum atomic E-state index is -0.864. The van der Waals surface area contributed by atoms with E-state index in [4.69, 9.17) is 5.11 Å². The SMILES string of the molecule is CC(C)(C)N(CCNCCc1ccccc1)C(=O)O.O=C1NCCN1CCc1ccccc1.